The predicted molar refractivity (Wildman–Crippen MR) is 108 cm³/mol. The maximum atomic E-state index is 11.9. The molecule has 2 N–H and O–H groups in total. The zero-order valence-electron chi connectivity index (χ0n) is 16.5. The van der Waals surface area contributed by atoms with Gasteiger partial charge >= 0.3 is 0 Å². The normalized spacial score (nSPS) is 15.7. The van der Waals surface area contributed by atoms with Crippen LogP contribution in [0.4, 0.5) is 0 Å². The summed E-state index contributed by atoms with van der Waals surface area (Å²) in [4.78, 5) is 26.7. The Morgan fingerprint density at radius 3 is 3.03 bits per heavy atom. The van der Waals surface area contributed by atoms with Crippen molar-refractivity contribution < 1.29 is 9.53 Å². The molecule has 0 atom stereocenters. The van der Waals surface area contributed by atoms with E-state index in [1.165, 1.54) is 7.11 Å². The van der Waals surface area contributed by atoms with E-state index in [9.17, 15) is 4.79 Å². The number of carbonyl (C=O) groups is 1. The fraction of sp³-hybridized carbons (Fsp3) is 0.500. The SMILES string of the molecule is COCC(=O)NCc1nc2cnc3[nH]ccc3c2n1C1CCN(CCC#N)CC1. The molecular weight excluding hydrogens is 370 g/mol. The Bertz CT molecular complexity index is 1040. The highest BCUT2D eigenvalue weighted by molar-refractivity contribution is 6.01. The van der Waals surface area contributed by atoms with Gasteiger partial charge < -0.3 is 24.5 Å². The van der Waals surface area contributed by atoms with Crippen LogP contribution in [0.3, 0.4) is 0 Å². The van der Waals surface area contributed by atoms with Gasteiger partial charge in [-0.3, -0.25) is 4.79 Å². The van der Waals surface area contributed by atoms with Crippen LogP contribution >= 0.6 is 0 Å². The highest BCUT2D eigenvalue weighted by atomic mass is 16.5. The molecule has 0 bridgehead atoms. The summed E-state index contributed by atoms with van der Waals surface area (Å²) in [5.74, 6) is 0.665. The maximum Gasteiger partial charge on any atom is 0.246 e. The summed E-state index contributed by atoms with van der Waals surface area (Å²) >= 11 is 0. The Hall–Kier alpha value is -2.96. The minimum absolute atomic E-state index is 0.0289. The second-order valence-electron chi connectivity index (χ2n) is 7.32. The van der Waals surface area contributed by atoms with Crippen LogP contribution in [0.1, 0.15) is 31.1 Å². The lowest BCUT2D eigenvalue weighted by molar-refractivity contribution is -0.124. The lowest BCUT2D eigenvalue weighted by Crippen LogP contribution is -2.36. The number of imidazole rings is 1. The predicted octanol–water partition coefficient (Wildman–Crippen LogP) is 1.73. The first-order valence-corrected chi connectivity index (χ1v) is 9.89. The molecule has 29 heavy (non-hydrogen) atoms. The van der Waals surface area contributed by atoms with Gasteiger partial charge in [0.2, 0.25) is 5.91 Å². The Kier molecular flexibility index (Phi) is 5.74. The van der Waals surface area contributed by atoms with E-state index in [1.807, 2.05) is 12.3 Å². The Labute approximate surface area is 168 Å². The number of aromatic amines is 1. The average Bonchev–Trinajstić information content (AvgIpc) is 3.35. The molecule has 4 rings (SSSR count). The van der Waals surface area contributed by atoms with Crippen molar-refractivity contribution >= 4 is 28.0 Å². The maximum absolute atomic E-state index is 11.9. The van der Waals surface area contributed by atoms with E-state index in [4.69, 9.17) is 15.0 Å². The van der Waals surface area contributed by atoms with E-state index < -0.39 is 0 Å². The number of hydrogen-bond donors (Lipinski definition) is 2. The molecule has 1 saturated heterocycles. The van der Waals surface area contributed by atoms with Crippen LogP contribution in [-0.4, -0.2) is 63.7 Å². The number of hydrogen-bond acceptors (Lipinski definition) is 6. The van der Waals surface area contributed by atoms with Crippen molar-refractivity contribution in [3.05, 3.63) is 24.3 Å². The molecule has 0 aromatic carbocycles. The molecule has 0 radical (unpaired) electrons. The number of likely N-dealkylation sites (tertiary alicyclic amines) is 1. The summed E-state index contributed by atoms with van der Waals surface area (Å²) in [7, 11) is 1.50. The smallest absolute Gasteiger partial charge is 0.246 e. The van der Waals surface area contributed by atoms with Crippen molar-refractivity contribution in [2.45, 2.75) is 31.8 Å². The zero-order chi connectivity index (χ0) is 20.2. The van der Waals surface area contributed by atoms with Crippen molar-refractivity contribution in [2.75, 3.05) is 33.4 Å². The second-order valence-corrected chi connectivity index (χ2v) is 7.32. The number of rotatable bonds is 7. The Balaban J connectivity index is 1.66. The number of ether oxygens (including phenoxy) is 1. The van der Waals surface area contributed by atoms with Crippen molar-refractivity contribution in [2.24, 2.45) is 0 Å². The third-order valence-corrected chi connectivity index (χ3v) is 5.49. The van der Waals surface area contributed by atoms with E-state index in [2.05, 4.69) is 30.8 Å². The van der Waals surface area contributed by atoms with Crippen LogP contribution in [-0.2, 0) is 16.1 Å². The monoisotopic (exact) mass is 395 g/mol. The van der Waals surface area contributed by atoms with E-state index >= 15 is 0 Å². The molecule has 3 aromatic heterocycles. The van der Waals surface area contributed by atoms with E-state index in [1.54, 1.807) is 6.20 Å². The number of fused-ring (bicyclic) bond motifs is 3. The second kappa shape index (κ2) is 8.59. The number of nitrogens with zero attached hydrogens (tertiary/aromatic N) is 5. The Morgan fingerprint density at radius 2 is 2.28 bits per heavy atom. The van der Waals surface area contributed by atoms with Crippen LogP contribution in [0.25, 0.3) is 22.1 Å². The third-order valence-electron chi connectivity index (χ3n) is 5.49. The minimum Gasteiger partial charge on any atom is -0.375 e. The highest BCUT2D eigenvalue weighted by Crippen LogP contribution is 2.32. The number of piperidine rings is 1. The summed E-state index contributed by atoms with van der Waals surface area (Å²) < 4.78 is 7.19. The first-order chi connectivity index (χ1) is 14.2. The topological polar surface area (TPSA) is 112 Å². The molecule has 0 saturated carbocycles. The number of aromatic nitrogens is 4. The molecule has 0 aliphatic carbocycles. The van der Waals surface area contributed by atoms with Gasteiger partial charge in [-0.2, -0.15) is 5.26 Å². The van der Waals surface area contributed by atoms with Gasteiger partial charge in [0.15, 0.2) is 0 Å². The molecule has 152 valence electrons. The molecule has 4 heterocycles. The van der Waals surface area contributed by atoms with Gasteiger partial charge in [-0.05, 0) is 18.9 Å². The van der Waals surface area contributed by atoms with Gasteiger partial charge in [-0.1, -0.05) is 0 Å². The van der Waals surface area contributed by atoms with E-state index in [-0.39, 0.29) is 18.6 Å². The quantitative estimate of drug-likeness (QED) is 0.630. The van der Waals surface area contributed by atoms with Gasteiger partial charge in [-0.15, -0.1) is 0 Å². The number of carbonyl (C=O) groups excluding carboxylic acids is 1. The van der Waals surface area contributed by atoms with Crippen LogP contribution in [0.5, 0.6) is 0 Å². The van der Waals surface area contributed by atoms with Crippen molar-refractivity contribution in [3.63, 3.8) is 0 Å². The lowest BCUT2D eigenvalue weighted by Gasteiger charge is -2.33. The van der Waals surface area contributed by atoms with Gasteiger partial charge in [0.05, 0.1) is 24.3 Å². The molecule has 1 aliphatic heterocycles. The largest absolute Gasteiger partial charge is 0.375 e. The zero-order valence-corrected chi connectivity index (χ0v) is 16.5. The van der Waals surface area contributed by atoms with Crippen molar-refractivity contribution in [3.8, 4) is 6.07 Å². The minimum atomic E-state index is -0.164. The van der Waals surface area contributed by atoms with E-state index in [0.717, 1.165) is 60.4 Å². The fourth-order valence-electron chi connectivity index (χ4n) is 4.13. The number of pyridine rings is 1. The van der Waals surface area contributed by atoms with Gasteiger partial charge in [-0.25, -0.2) is 9.97 Å². The number of methoxy groups -OCH3 is 1. The molecule has 1 fully saturated rings. The van der Waals surface area contributed by atoms with Crippen LogP contribution in [0, 0.1) is 11.3 Å². The fourth-order valence-corrected chi connectivity index (χ4v) is 4.13. The summed E-state index contributed by atoms with van der Waals surface area (Å²) in [6.07, 6.45) is 6.19. The van der Waals surface area contributed by atoms with E-state index in [0.29, 0.717) is 13.0 Å². The molecule has 0 spiro atoms. The summed E-state index contributed by atoms with van der Waals surface area (Å²) in [6, 6.07) is 4.54. The lowest BCUT2D eigenvalue weighted by atomic mass is 10.0. The van der Waals surface area contributed by atoms with Gasteiger partial charge in [0.1, 0.15) is 23.6 Å². The molecule has 0 unspecified atom stereocenters. The number of nitrogens with one attached hydrogen (secondary N) is 2. The summed E-state index contributed by atoms with van der Waals surface area (Å²) in [5, 5.41) is 12.8. The number of H-pyrrole nitrogens is 1. The standard InChI is InChI=1S/C20H25N7O2/c1-29-13-18(28)23-12-17-25-16-11-24-20-15(3-7-22-20)19(16)27(17)14-4-9-26(10-5-14)8-2-6-21/h3,7,11,14H,2,4-5,8-10,12-13H2,1H3,(H,22,24)(H,23,28). The molecule has 9 heteroatoms. The van der Waals surface area contributed by atoms with Crippen molar-refractivity contribution in [1.82, 2.24) is 29.7 Å². The van der Waals surface area contributed by atoms with Crippen LogP contribution in [0.15, 0.2) is 18.5 Å². The van der Waals surface area contributed by atoms with Gasteiger partial charge in [0, 0.05) is 50.8 Å². The molecule has 9 nitrogen and oxygen atoms in total. The summed E-state index contributed by atoms with van der Waals surface area (Å²) in [6.45, 7) is 3.09. The van der Waals surface area contributed by atoms with Crippen molar-refractivity contribution in [1.29, 1.82) is 5.26 Å². The number of amides is 1. The molecular formula is C20H25N7O2. The average molecular weight is 395 g/mol. The Morgan fingerprint density at radius 1 is 1.45 bits per heavy atom. The number of nitriles is 1. The first-order valence-electron chi connectivity index (χ1n) is 9.89. The van der Waals surface area contributed by atoms with Crippen LogP contribution in [0.2, 0.25) is 0 Å². The highest BCUT2D eigenvalue weighted by Gasteiger charge is 2.26. The first kappa shape index (κ1) is 19.4. The third kappa shape index (κ3) is 3.95. The molecule has 1 aliphatic rings. The molecule has 3 aromatic rings. The van der Waals surface area contributed by atoms with Crippen LogP contribution < -0.4 is 5.32 Å². The summed E-state index contributed by atoms with van der Waals surface area (Å²) in [5.41, 5.74) is 2.72. The van der Waals surface area contributed by atoms with Gasteiger partial charge in [0.25, 0.3) is 0 Å². The molecule has 1 amide bonds.